The lowest BCUT2D eigenvalue weighted by molar-refractivity contribution is -0.139. The molecule has 1 rings (SSSR count). The van der Waals surface area contributed by atoms with Gasteiger partial charge in [-0.3, -0.25) is 19.3 Å². The molecular weight excluding hydrogens is 256 g/mol. The van der Waals surface area contributed by atoms with Crippen molar-refractivity contribution in [1.29, 1.82) is 0 Å². The Labute approximate surface area is 123 Å². The van der Waals surface area contributed by atoms with Crippen LogP contribution >= 0.6 is 0 Å². The number of ketones is 1. The van der Waals surface area contributed by atoms with E-state index in [0.29, 0.717) is 32.5 Å². The van der Waals surface area contributed by atoms with Crippen molar-refractivity contribution in [3.8, 4) is 0 Å². The molecule has 118 valence electrons. The number of Topliss-reactive ketones (excluding diaryl/α,β-unsaturated/α-hetero) is 1. The number of rotatable bonds is 6. The van der Waals surface area contributed by atoms with E-state index >= 15 is 0 Å². The summed E-state index contributed by atoms with van der Waals surface area (Å²) in [6.45, 7) is 12.9. The van der Waals surface area contributed by atoms with Gasteiger partial charge in [-0.25, -0.2) is 0 Å². The molecule has 1 atom stereocenters. The highest BCUT2D eigenvalue weighted by molar-refractivity contribution is 6.03. The molecule has 20 heavy (non-hydrogen) atoms. The maximum atomic E-state index is 11.5. The smallest absolute Gasteiger partial charge is 0.232 e. The van der Waals surface area contributed by atoms with E-state index < -0.39 is 0 Å². The van der Waals surface area contributed by atoms with Gasteiger partial charge in [0.05, 0.1) is 0 Å². The summed E-state index contributed by atoms with van der Waals surface area (Å²) in [6.07, 6.45) is 0.810. The summed E-state index contributed by atoms with van der Waals surface area (Å²) in [4.78, 5) is 34.8. The van der Waals surface area contributed by atoms with Crippen LogP contribution in [0.15, 0.2) is 0 Å². The van der Waals surface area contributed by atoms with E-state index in [-0.39, 0.29) is 23.5 Å². The zero-order valence-electron chi connectivity index (χ0n) is 13.8. The van der Waals surface area contributed by atoms with Crippen molar-refractivity contribution >= 4 is 17.6 Å². The predicted octanol–water partition coefficient (Wildman–Crippen LogP) is 2.00. The fourth-order valence-corrected chi connectivity index (χ4v) is 1.66. The van der Waals surface area contributed by atoms with Crippen LogP contribution in [0.25, 0.3) is 0 Å². The molecule has 0 aliphatic carbocycles. The van der Waals surface area contributed by atoms with Gasteiger partial charge in [-0.15, -0.1) is 0 Å². The van der Waals surface area contributed by atoms with E-state index in [1.54, 1.807) is 6.92 Å². The first-order valence-corrected chi connectivity index (χ1v) is 7.56. The number of imide groups is 1. The van der Waals surface area contributed by atoms with E-state index in [0.717, 1.165) is 0 Å². The van der Waals surface area contributed by atoms with E-state index in [1.807, 2.05) is 27.7 Å². The highest BCUT2D eigenvalue weighted by atomic mass is 16.2. The number of likely N-dealkylation sites (tertiary alicyclic amines) is 1. The first kappa shape index (κ1) is 21.1. The molecule has 5 heteroatoms. The molecule has 0 aromatic rings. The van der Waals surface area contributed by atoms with Crippen molar-refractivity contribution in [1.82, 2.24) is 10.2 Å². The van der Waals surface area contributed by atoms with E-state index in [1.165, 1.54) is 11.8 Å². The van der Waals surface area contributed by atoms with Gasteiger partial charge < -0.3 is 5.32 Å². The standard InChI is InChI=1S/C11H18N2O3.2C2H6/c1-8-7-10(15)13(11(8)16)6-5-12-4-3-9(2)14;2*1-2/h8,12H,3-7H2,1-2H3;2*1-2H3. The van der Waals surface area contributed by atoms with Crippen molar-refractivity contribution in [3.63, 3.8) is 0 Å². The molecule has 1 aliphatic heterocycles. The minimum atomic E-state index is -0.176. The van der Waals surface area contributed by atoms with Crippen molar-refractivity contribution in [2.45, 2.75) is 54.4 Å². The summed E-state index contributed by atoms with van der Waals surface area (Å²) in [5.41, 5.74) is 0. The molecule has 0 saturated carbocycles. The quantitative estimate of drug-likeness (QED) is 0.599. The molecule has 0 aromatic carbocycles. The Bertz CT molecular complexity index is 303. The highest BCUT2D eigenvalue weighted by Gasteiger charge is 2.34. The minimum absolute atomic E-state index is 0.0848. The molecule has 5 nitrogen and oxygen atoms in total. The summed E-state index contributed by atoms with van der Waals surface area (Å²) in [6, 6.07) is 0. The van der Waals surface area contributed by atoms with Gasteiger partial charge in [0.2, 0.25) is 11.8 Å². The van der Waals surface area contributed by atoms with Crippen molar-refractivity contribution in [3.05, 3.63) is 0 Å². The molecule has 1 saturated heterocycles. The van der Waals surface area contributed by atoms with E-state index in [9.17, 15) is 14.4 Å². The molecule has 1 fully saturated rings. The third kappa shape index (κ3) is 8.04. The third-order valence-electron chi connectivity index (χ3n) is 2.64. The monoisotopic (exact) mass is 286 g/mol. The minimum Gasteiger partial charge on any atom is -0.315 e. The maximum absolute atomic E-state index is 11.5. The van der Waals surface area contributed by atoms with Crippen LogP contribution in [0.4, 0.5) is 0 Å². The number of amides is 2. The average molecular weight is 286 g/mol. The Morgan fingerprint density at radius 1 is 1.20 bits per heavy atom. The Morgan fingerprint density at radius 3 is 2.15 bits per heavy atom. The van der Waals surface area contributed by atoms with Crippen LogP contribution in [-0.2, 0) is 14.4 Å². The lowest BCUT2D eigenvalue weighted by atomic mass is 10.1. The van der Waals surface area contributed by atoms with Crippen LogP contribution in [0.3, 0.4) is 0 Å². The fraction of sp³-hybridized carbons (Fsp3) is 0.800. The number of hydrogen-bond donors (Lipinski definition) is 1. The summed E-state index contributed by atoms with van der Waals surface area (Å²) in [5, 5.41) is 3.03. The third-order valence-corrected chi connectivity index (χ3v) is 2.64. The molecule has 1 N–H and O–H groups in total. The van der Waals surface area contributed by atoms with Crippen LogP contribution in [0.2, 0.25) is 0 Å². The highest BCUT2D eigenvalue weighted by Crippen LogP contribution is 2.17. The van der Waals surface area contributed by atoms with Gasteiger partial charge >= 0.3 is 0 Å². The molecule has 0 radical (unpaired) electrons. The Morgan fingerprint density at radius 2 is 1.75 bits per heavy atom. The summed E-state index contributed by atoms with van der Waals surface area (Å²) in [5.74, 6) is -0.219. The second-order valence-corrected chi connectivity index (χ2v) is 4.19. The number of nitrogens with one attached hydrogen (secondary N) is 1. The van der Waals surface area contributed by atoms with Crippen LogP contribution in [0, 0.1) is 5.92 Å². The average Bonchev–Trinajstić information content (AvgIpc) is 2.68. The first-order chi connectivity index (χ1) is 9.52. The summed E-state index contributed by atoms with van der Waals surface area (Å²) >= 11 is 0. The fourth-order valence-electron chi connectivity index (χ4n) is 1.66. The molecule has 1 aliphatic rings. The van der Waals surface area contributed by atoms with Crippen LogP contribution in [0.5, 0.6) is 0 Å². The number of hydrogen-bond acceptors (Lipinski definition) is 4. The lowest BCUT2D eigenvalue weighted by Gasteiger charge is -2.14. The van der Waals surface area contributed by atoms with Crippen LogP contribution < -0.4 is 5.32 Å². The Kier molecular flexibility index (Phi) is 13.5. The van der Waals surface area contributed by atoms with Gasteiger partial charge in [-0.2, -0.15) is 0 Å². The topological polar surface area (TPSA) is 66.5 Å². The molecule has 0 bridgehead atoms. The summed E-state index contributed by atoms with van der Waals surface area (Å²) < 4.78 is 0. The van der Waals surface area contributed by atoms with Gasteiger partial charge in [0.15, 0.2) is 0 Å². The maximum Gasteiger partial charge on any atom is 0.232 e. The molecule has 1 heterocycles. The Hall–Kier alpha value is -1.23. The van der Waals surface area contributed by atoms with Crippen LogP contribution in [-0.4, -0.2) is 42.1 Å². The second-order valence-electron chi connectivity index (χ2n) is 4.19. The molecule has 0 spiro atoms. The predicted molar refractivity (Wildman–Crippen MR) is 81.4 cm³/mol. The zero-order valence-corrected chi connectivity index (χ0v) is 13.8. The van der Waals surface area contributed by atoms with Crippen LogP contribution in [0.1, 0.15) is 54.4 Å². The lowest BCUT2D eigenvalue weighted by Crippen LogP contribution is -2.37. The number of nitrogens with zero attached hydrogens (tertiary/aromatic N) is 1. The first-order valence-electron chi connectivity index (χ1n) is 7.56. The van der Waals surface area contributed by atoms with Gasteiger partial charge in [0.25, 0.3) is 0 Å². The Balaban J connectivity index is 0. The van der Waals surface area contributed by atoms with E-state index in [2.05, 4.69) is 5.32 Å². The van der Waals surface area contributed by atoms with Crippen molar-refractivity contribution < 1.29 is 14.4 Å². The normalized spacial score (nSPS) is 17.1. The largest absolute Gasteiger partial charge is 0.315 e. The second kappa shape index (κ2) is 12.8. The zero-order chi connectivity index (χ0) is 16.1. The molecule has 0 aromatic heterocycles. The summed E-state index contributed by atoms with van der Waals surface area (Å²) in [7, 11) is 0. The SMILES string of the molecule is CC.CC.CC(=O)CCNCCN1C(=O)CC(C)C1=O. The van der Waals surface area contributed by atoms with E-state index in [4.69, 9.17) is 0 Å². The van der Waals surface area contributed by atoms with Gasteiger partial charge in [0, 0.05) is 38.4 Å². The van der Waals surface area contributed by atoms with Gasteiger partial charge in [-0.1, -0.05) is 34.6 Å². The van der Waals surface area contributed by atoms with Crippen molar-refractivity contribution in [2.24, 2.45) is 5.92 Å². The number of carbonyl (C=O) groups is 3. The van der Waals surface area contributed by atoms with Gasteiger partial charge in [-0.05, 0) is 6.92 Å². The number of carbonyl (C=O) groups excluding carboxylic acids is 3. The molecule has 1 unspecified atom stereocenters. The van der Waals surface area contributed by atoms with Crippen molar-refractivity contribution in [2.75, 3.05) is 19.6 Å². The van der Waals surface area contributed by atoms with Gasteiger partial charge in [0.1, 0.15) is 5.78 Å². The molecule has 2 amide bonds. The molecular formula is C15H30N2O3.